The molecule has 11 heteroatoms. The van der Waals surface area contributed by atoms with Gasteiger partial charge in [-0.3, -0.25) is 28.8 Å². The van der Waals surface area contributed by atoms with Crippen LogP contribution in [0.3, 0.4) is 0 Å². The first-order valence-corrected chi connectivity index (χ1v) is 30.6. The molecule has 74 heavy (non-hydrogen) atoms. The van der Waals surface area contributed by atoms with E-state index in [0.29, 0.717) is 13.0 Å². The molecule has 0 bridgehead atoms. The number of carbonyl (C=O) groups is 6. The molecule has 0 aliphatic rings. The maximum absolute atomic E-state index is 12.5. The van der Waals surface area contributed by atoms with Crippen molar-refractivity contribution in [3.05, 3.63) is 24.3 Å². The number of allylic oxidation sites excluding steroid dienone is 4. The van der Waals surface area contributed by atoms with E-state index in [9.17, 15) is 28.8 Å². The summed E-state index contributed by atoms with van der Waals surface area (Å²) in [7, 11) is 4.44. The molecule has 0 aromatic heterocycles. The highest BCUT2D eigenvalue weighted by atomic mass is 16.5. The summed E-state index contributed by atoms with van der Waals surface area (Å²) in [6.45, 7) is 8.13. The Kier molecular flexibility index (Phi) is 51.5. The Balaban J connectivity index is 4.50. The highest BCUT2D eigenvalue weighted by molar-refractivity contribution is 5.91. The molecule has 0 fully saturated rings. The Morgan fingerprint density at radius 3 is 1.19 bits per heavy atom. The summed E-state index contributed by atoms with van der Waals surface area (Å²) in [5, 5.41) is 8.78. The second-order valence-corrected chi connectivity index (χ2v) is 21.9. The van der Waals surface area contributed by atoms with E-state index in [2.05, 4.69) is 52.2 Å². The molecule has 430 valence electrons. The molecule has 0 heterocycles. The number of quaternary nitrogens is 1. The second kappa shape index (κ2) is 53.5. The van der Waals surface area contributed by atoms with Crippen LogP contribution in [0.5, 0.6) is 0 Å². The van der Waals surface area contributed by atoms with E-state index in [-0.39, 0.29) is 125 Å². The maximum atomic E-state index is 12.5. The van der Waals surface area contributed by atoms with Gasteiger partial charge in [0.15, 0.2) is 0 Å². The van der Waals surface area contributed by atoms with Crippen molar-refractivity contribution in [1.82, 2.24) is 0 Å². The number of aliphatic hydroxyl groups is 1. The lowest BCUT2D eigenvalue weighted by molar-refractivity contribution is -0.893. The van der Waals surface area contributed by atoms with Crippen LogP contribution >= 0.6 is 0 Å². The zero-order chi connectivity index (χ0) is 54.4. The number of nitrogens with zero attached hydrogens (tertiary/aromatic N) is 1. The fraction of sp³-hybridized carbons (Fsp3) is 0.841. The van der Waals surface area contributed by atoms with Crippen molar-refractivity contribution in [2.75, 3.05) is 60.2 Å². The molecule has 0 radical (unpaired) electrons. The van der Waals surface area contributed by atoms with E-state index in [1.165, 1.54) is 167 Å². The van der Waals surface area contributed by atoms with Crippen LogP contribution in [0.25, 0.3) is 0 Å². The number of aliphatic hydroxyl groups excluding tert-OH is 1. The number of ether oxygens (including phenoxy) is 3. The van der Waals surface area contributed by atoms with E-state index < -0.39 is 0 Å². The van der Waals surface area contributed by atoms with Crippen LogP contribution < -0.4 is 0 Å². The lowest BCUT2D eigenvalue weighted by Gasteiger charge is -2.33. The summed E-state index contributed by atoms with van der Waals surface area (Å²) < 4.78 is 18.9. The fourth-order valence-corrected chi connectivity index (χ4v) is 9.09. The first-order valence-electron chi connectivity index (χ1n) is 30.6. The molecule has 0 aromatic rings. The third-order valence-corrected chi connectivity index (χ3v) is 14.0. The number of ketones is 5. The summed E-state index contributed by atoms with van der Waals surface area (Å²) >= 11 is 0. The molecule has 0 saturated heterocycles. The van der Waals surface area contributed by atoms with Crippen LogP contribution in [-0.2, 0) is 43.0 Å². The zero-order valence-corrected chi connectivity index (χ0v) is 48.4. The molecule has 0 aliphatic carbocycles. The first kappa shape index (κ1) is 71.1. The van der Waals surface area contributed by atoms with E-state index >= 15 is 0 Å². The quantitative estimate of drug-likeness (QED) is 0.0270. The Labute approximate surface area is 453 Å². The van der Waals surface area contributed by atoms with Gasteiger partial charge in [-0.05, 0) is 77.0 Å². The predicted molar refractivity (Wildman–Crippen MR) is 304 cm³/mol. The first-order chi connectivity index (χ1) is 35.9. The van der Waals surface area contributed by atoms with Crippen LogP contribution in [0.15, 0.2) is 24.3 Å². The van der Waals surface area contributed by atoms with Gasteiger partial charge in [0, 0.05) is 90.4 Å². The van der Waals surface area contributed by atoms with Crippen molar-refractivity contribution in [1.29, 1.82) is 0 Å². The van der Waals surface area contributed by atoms with Crippen LogP contribution in [-0.4, -0.2) is 111 Å². The number of esters is 1. The van der Waals surface area contributed by atoms with Gasteiger partial charge in [-0.25, -0.2) is 0 Å². The van der Waals surface area contributed by atoms with Crippen molar-refractivity contribution in [2.45, 2.75) is 283 Å². The minimum atomic E-state index is -0.329. The Morgan fingerprint density at radius 2 is 0.770 bits per heavy atom. The van der Waals surface area contributed by atoms with Crippen LogP contribution in [0.2, 0.25) is 0 Å². The molecule has 1 atom stereocenters. The van der Waals surface area contributed by atoms with Gasteiger partial charge in [0.25, 0.3) is 0 Å². The molecular formula is C63H114NO10+. The van der Waals surface area contributed by atoms with Crippen molar-refractivity contribution in [3.8, 4) is 0 Å². The van der Waals surface area contributed by atoms with Crippen molar-refractivity contribution < 1.29 is 52.6 Å². The molecule has 0 aliphatic heterocycles. The molecule has 1 unspecified atom stereocenters. The van der Waals surface area contributed by atoms with Crippen LogP contribution in [0.1, 0.15) is 277 Å². The summed E-state index contributed by atoms with van der Waals surface area (Å²) in [6.07, 6.45) is 47.7. The van der Waals surface area contributed by atoms with Crippen LogP contribution in [0.4, 0.5) is 0 Å². The molecule has 1 N–H and O–H groups in total. The number of hydrogen-bond acceptors (Lipinski definition) is 10. The monoisotopic (exact) mass is 1040 g/mol. The molecule has 0 rings (SSSR count). The van der Waals surface area contributed by atoms with E-state index in [4.69, 9.17) is 19.3 Å². The summed E-state index contributed by atoms with van der Waals surface area (Å²) in [5.74, 6) is -1.29. The van der Waals surface area contributed by atoms with Crippen molar-refractivity contribution in [2.24, 2.45) is 0 Å². The summed E-state index contributed by atoms with van der Waals surface area (Å²) in [5.41, 5.74) is 0. The molecule has 0 aromatic carbocycles. The van der Waals surface area contributed by atoms with E-state index in [0.717, 1.165) is 50.0 Å². The second-order valence-electron chi connectivity index (χ2n) is 21.9. The fourth-order valence-electron chi connectivity index (χ4n) is 9.09. The van der Waals surface area contributed by atoms with Gasteiger partial charge in [0.05, 0.1) is 33.9 Å². The third kappa shape index (κ3) is 52.6. The standard InChI is InChI=1S/C63H114NO10/c1-5-7-9-11-13-15-17-19-21-23-25-27-29-31-33-37-52-72-56-62(73-53-38-34-32-30-28-26-24-22-20-18-16-14-12-10-8-6-2)55-64(3,4)50-36-35-39-63(71)74-54-49-61(70)47-45-59(68)43-41-57(66)40-42-58(67)44-46-60(69)48-51-65/h19-22,62,65H,5-18,23-56H2,1-4H3/q+1. The largest absolute Gasteiger partial charge is 0.465 e. The van der Waals surface area contributed by atoms with E-state index in [1.54, 1.807) is 0 Å². The number of hydrogen-bond donors (Lipinski definition) is 1. The average Bonchev–Trinajstić information content (AvgIpc) is 3.37. The van der Waals surface area contributed by atoms with Gasteiger partial charge in [0.1, 0.15) is 41.6 Å². The van der Waals surface area contributed by atoms with E-state index in [1.807, 2.05) is 0 Å². The normalized spacial score (nSPS) is 12.3. The summed E-state index contributed by atoms with van der Waals surface area (Å²) in [4.78, 5) is 72.7. The Bertz CT molecular complexity index is 1440. The highest BCUT2D eigenvalue weighted by Crippen LogP contribution is 2.15. The highest BCUT2D eigenvalue weighted by Gasteiger charge is 2.23. The van der Waals surface area contributed by atoms with Gasteiger partial charge in [-0.1, -0.05) is 154 Å². The van der Waals surface area contributed by atoms with Gasteiger partial charge in [-0.2, -0.15) is 0 Å². The predicted octanol–water partition coefficient (Wildman–Crippen LogP) is 15.0. The smallest absolute Gasteiger partial charge is 0.305 e. The number of carbonyl (C=O) groups excluding carboxylic acids is 6. The minimum Gasteiger partial charge on any atom is -0.465 e. The number of unbranched alkanes of at least 4 members (excludes halogenated alkanes) is 25. The van der Waals surface area contributed by atoms with Crippen molar-refractivity contribution in [3.63, 3.8) is 0 Å². The van der Waals surface area contributed by atoms with Crippen molar-refractivity contribution >= 4 is 34.9 Å². The minimum absolute atomic E-state index is 0.0108. The molecule has 11 nitrogen and oxygen atoms in total. The topological polar surface area (TPSA) is 150 Å². The average molecular weight is 1050 g/mol. The van der Waals surface area contributed by atoms with Gasteiger partial charge in [0.2, 0.25) is 0 Å². The zero-order valence-electron chi connectivity index (χ0n) is 48.4. The maximum Gasteiger partial charge on any atom is 0.305 e. The lowest BCUT2D eigenvalue weighted by Crippen LogP contribution is -2.48. The Morgan fingerprint density at radius 1 is 0.405 bits per heavy atom. The van der Waals surface area contributed by atoms with Crippen LogP contribution in [0, 0.1) is 0 Å². The molecule has 0 saturated carbocycles. The molecule has 0 amide bonds. The number of likely N-dealkylation sites (N-methyl/N-ethyl adjacent to an activating group) is 1. The number of rotatable bonds is 59. The summed E-state index contributed by atoms with van der Waals surface area (Å²) in [6, 6.07) is 0. The van der Waals surface area contributed by atoms with Gasteiger partial charge in [-0.15, -0.1) is 0 Å². The molecule has 0 spiro atoms. The Hall–Kier alpha value is -2.86. The third-order valence-electron chi connectivity index (χ3n) is 14.0. The number of Topliss-reactive ketones (excluding diaryl/α,β-unsaturated/α-hetero) is 5. The molecular weight excluding hydrogens is 931 g/mol. The van der Waals surface area contributed by atoms with Gasteiger partial charge < -0.3 is 23.8 Å². The SMILES string of the molecule is CCCCCCCCC=CCCCCCCCCOCC(C[N+](C)(C)CCCCC(=O)OCCC(=O)CCC(=O)CCC(=O)CCC(=O)CCC(=O)CCO)OCCCCCCCCC=CCCCCCCCC. The van der Waals surface area contributed by atoms with Gasteiger partial charge >= 0.3 is 5.97 Å². The lowest BCUT2D eigenvalue weighted by atomic mass is 10.0.